The van der Waals surface area contributed by atoms with E-state index in [0.717, 1.165) is 59.2 Å². The SMILES string of the molecule is FC(F)(F)c1ccnc(SCc2ccccc2CSc2nccc(C(F)(F)F)n2)n1. The molecule has 0 N–H and O–H groups in total. The molecule has 0 fully saturated rings. The molecule has 0 spiro atoms. The van der Waals surface area contributed by atoms with Crippen molar-refractivity contribution in [1.29, 1.82) is 0 Å². The fourth-order valence-corrected chi connectivity index (χ4v) is 3.99. The molecule has 158 valence electrons. The van der Waals surface area contributed by atoms with Crippen LogP contribution in [0, 0.1) is 0 Å². The molecule has 0 bridgehead atoms. The maximum atomic E-state index is 12.8. The van der Waals surface area contributed by atoms with Crippen molar-refractivity contribution in [3.05, 3.63) is 71.3 Å². The summed E-state index contributed by atoms with van der Waals surface area (Å²) in [6.45, 7) is 0. The second kappa shape index (κ2) is 9.21. The Labute approximate surface area is 175 Å². The van der Waals surface area contributed by atoms with Crippen LogP contribution in [0.5, 0.6) is 0 Å². The van der Waals surface area contributed by atoms with Crippen LogP contribution in [0.25, 0.3) is 0 Å². The van der Waals surface area contributed by atoms with E-state index in [1.807, 2.05) is 0 Å². The van der Waals surface area contributed by atoms with Crippen molar-refractivity contribution >= 4 is 23.5 Å². The fourth-order valence-electron chi connectivity index (χ4n) is 2.26. The lowest BCUT2D eigenvalue weighted by molar-refractivity contribution is -0.142. The van der Waals surface area contributed by atoms with Crippen LogP contribution in [0.2, 0.25) is 0 Å². The van der Waals surface area contributed by atoms with E-state index in [1.54, 1.807) is 24.3 Å². The molecule has 0 aliphatic carbocycles. The minimum absolute atomic E-state index is 0.0199. The summed E-state index contributed by atoms with van der Waals surface area (Å²) in [6, 6.07) is 8.68. The summed E-state index contributed by atoms with van der Waals surface area (Å²) >= 11 is 2.07. The van der Waals surface area contributed by atoms with Gasteiger partial charge < -0.3 is 0 Å². The molecular formula is C18H12F6N4S2. The summed E-state index contributed by atoms with van der Waals surface area (Å²) in [6.07, 6.45) is -7.02. The van der Waals surface area contributed by atoms with E-state index in [-0.39, 0.29) is 10.3 Å². The van der Waals surface area contributed by atoms with Crippen LogP contribution in [0.15, 0.2) is 59.1 Å². The maximum absolute atomic E-state index is 12.8. The number of nitrogens with zero attached hydrogens (tertiary/aromatic N) is 4. The molecule has 3 aromatic rings. The Morgan fingerprint density at radius 3 is 1.40 bits per heavy atom. The lowest BCUT2D eigenvalue weighted by Gasteiger charge is -2.10. The second-order valence-corrected chi connectivity index (χ2v) is 7.68. The van der Waals surface area contributed by atoms with Gasteiger partial charge in [-0.3, -0.25) is 0 Å². The van der Waals surface area contributed by atoms with Crippen molar-refractivity contribution in [3.8, 4) is 0 Å². The summed E-state index contributed by atoms with van der Waals surface area (Å²) in [4.78, 5) is 14.7. The monoisotopic (exact) mass is 462 g/mol. The van der Waals surface area contributed by atoms with Gasteiger partial charge in [0.05, 0.1) is 0 Å². The molecule has 12 heteroatoms. The average molecular weight is 462 g/mol. The van der Waals surface area contributed by atoms with Gasteiger partial charge in [-0.15, -0.1) is 0 Å². The Kier molecular flexibility index (Phi) is 6.86. The standard InChI is InChI=1S/C18H12F6N4S2/c19-17(20,21)13-5-7-25-15(27-13)29-9-11-3-1-2-4-12(11)10-30-16-26-8-6-14(28-16)18(22,23)24/h1-8H,9-10H2. The van der Waals surface area contributed by atoms with E-state index in [1.165, 1.54) is 0 Å². The predicted octanol–water partition coefficient (Wildman–Crippen LogP) is 5.89. The molecule has 0 aliphatic heterocycles. The number of hydrogen-bond donors (Lipinski definition) is 0. The third kappa shape index (κ3) is 6.08. The number of alkyl halides is 6. The molecule has 0 amide bonds. The van der Waals surface area contributed by atoms with E-state index in [4.69, 9.17) is 0 Å². The number of benzene rings is 1. The van der Waals surface area contributed by atoms with Gasteiger partial charge in [-0.1, -0.05) is 47.8 Å². The highest BCUT2D eigenvalue weighted by Gasteiger charge is 2.33. The van der Waals surface area contributed by atoms with Crippen molar-refractivity contribution < 1.29 is 26.3 Å². The third-order valence-corrected chi connectivity index (χ3v) is 5.50. The van der Waals surface area contributed by atoms with E-state index in [0.29, 0.717) is 11.5 Å². The highest BCUT2D eigenvalue weighted by molar-refractivity contribution is 7.98. The van der Waals surface area contributed by atoms with Gasteiger partial charge in [0.15, 0.2) is 10.3 Å². The van der Waals surface area contributed by atoms with Gasteiger partial charge in [-0.05, 0) is 23.3 Å². The summed E-state index contributed by atoms with van der Waals surface area (Å²) < 4.78 is 76.6. The summed E-state index contributed by atoms with van der Waals surface area (Å²) in [5.41, 5.74) is -0.456. The summed E-state index contributed by atoms with van der Waals surface area (Å²) in [5.74, 6) is 0.586. The minimum atomic E-state index is -4.56. The molecule has 3 rings (SSSR count). The number of rotatable bonds is 6. The van der Waals surface area contributed by atoms with Crippen LogP contribution in [0.1, 0.15) is 22.5 Å². The Morgan fingerprint density at radius 1 is 0.633 bits per heavy atom. The highest BCUT2D eigenvalue weighted by Crippen LogP contribution is 2.31. The van der Waals surface area contributed by atoms with Crippen LogP contribution in [-0.2, 0) is 23.9 Å². The zero-order valence-corrected chi connectivity index (χ0v) is 16.5. The zero-order chi connectivity index (χ0) is 21.8. The molecule has 2 heterocycles. The quantitative estimate of drug-likeness (QED) is 0.259. The first-order valence-electron chi connectivity index (χ1n) is 8.26. The zero-order valence-electron chi connectivity index (χ0n) is 14.9. The third-order valence-electron chi connectivity index (χ3n) is 3.68. The first kappa shape index (κ1) is 22.3. The Hall–Kier alpha value is -2.34. The van der Waals surface area contributed by atoms with E-state index < -0.39 is 23.7 Å². The van der Waals surface area contributed by atoms with Crippen molar-refractivity contribution in [2.24, 2.45) is 0 Å². The molecule has 1 aromatic carbocycles. The number of halogens is 6. The number of hydrogen-bond acceptors (Lipinski definition) is 6. The average Bonchev–Trinajstić information content (AvgIpc) is 2.70. The molecule has 0 atom stereocenters. The second-order valence-electron chi connectivity index (χ2n) is 5.79. The molecule has 2 aromatic heterocycles. The number of thioether (sulfide) groups is 2. The molecule has 0 radical (unpaired) electrons. The first-order chi connectivity index (χ1) is 14.1. The van der Waals surface area contributed by atoms with Gasteiger partial charge in [-0.25, -0.2) is 19.9 Å². The first-order valence-corrected chi connectivity index (χ1v) is 10.2. The van der Waals surface area contributed by atoms with E-state index >= 15 is 0 Å². The van der Waals surface area contributed by atoms with E-state index in [2.05, 4.69) is 19.9 Å². The molecule has 0 aliphatic rings. The Bertz CT molecular complexity index is 930. The summed E-state index contributed by atoms with van der Waals surface area (Å²) in [5, 5.41) is -0.0398. The predicted molar refractivity (Wildman–Crippen MR) is 99.6 cm³/mol. The van der Waals surface area contributed by atoms with Gasteiger partial charge in [0.1, 0.15) is 11.4 Å². The summed E-state index contributed by atoms with van der Waals surface area (Å²) in [7, 11) is 0. The van der Waals surface area contributed by atoms with Crippen molar-refractivity contribution in [2.75, 3.05) is 0 Å². The highest BCUT2D eigenvalue weighted by atomic mass is 32.2. The van der Waals surface area contributed by atoms with Crippen molar-refractivity contribution in [1.82, 2.24) is 19.9 Å². The molecular weight excluding hydrogens is 450 g/mol. The largest absolute Gasteiger partial charge is 0.433 e. The lowest BCUT2D eigenvalue weighted by atomic mass is 10.1. The Balaban J connectivity index is 1.68. The molecule has 30 heavy (non-hydrogen) atoms. The maximum Gasteiger partial charge on any atom is 0.433 e. The van der Waals surface area contributed by atoms with Crippen LogP contribution in [0.3, 0.4) is 0 Å². The van der Waals surface area contributed by atoms with Gasteiger partial charge in [0.2, 0.25) is 0 Å². The van der Waals surface area contributed by atoms with Gasteiger partial charge in [0, 0.05) is 23.9 Å². The smallest absolute Gasteiger partial charge is 0.231 e. The molecule has 0 saturated carbocycles. The fraction of sp³-hybridized carbons (Fsp3) is 0.222. The molecule has 4 nitrogen and oxygen atoms in total. The van der Waals surface area contributed by atoms with E-state index in [9.17, 15) is 26.3 Å². The Morgan fingerprint density at radius 2 is 1.03 bits per heavy atom. The van der Waals surface area contributed by atoms with Crippen LogP contribution in [0.4, 0.5) is 26.3 Å². The van der Waals surface area contributed by atoms with Crippen LogP contribution in [-0.4, -0.2) is 19.9 Å². The number of aromatic nitrogens is 4. The molecule has 0 unspecified atom stereocenters. The van der Waals surface area contributed by atoms with Gasteiger partial charge >= 0.3 is 12.4 Å². The van der Waals surface area contributed by atoms with Gasteiger partial charge in [-0.2, -0.15) is 26.3 Å². The topological polar surface area (TPSA) is 51.6 Å². The lowest BCUT2D eigenvalue weighted by Crippen LogP contribution is -2.09. The minimum Gasteiger partial charge on any atom is -0.231 e. The van der Waals surface area contributed by atoms with Crippen LogP contribution >= 0.6 is 23.5 Å². The van der Waals surface area contributed by atoms with Crippen molar-refractivity contribution in [2.45, 2.75) is 34.2 Å². The molecule has 0 saturated heterocycles. The van der Waals surface area contributed by atoms with Crippen molar-refractivity contribution in [3.63, 3.8) is 0 Å². The van der Waals surface area contributed by atoms with Gasteiger partial charge in [0.25, 0.3) is 0 Å². The normalized spacial score (nSPS) is 12.2. The van der Waals surface area contributed by atoms with Crippen LogP contribution < -0.4 is 0 Å².